The highest BCUT2D eigenvalue weighted by atomic mass is 32.1. The van der Waals surface area contributed by atoms with Crippen molar-refractivity contribution in [3.63, 3.8) is 0 Å². The molecule has 1 amide bonds. The molecule has 17 heavy (non-hydrogen) atoms. The summed E-state index contributed by atoms with van der Waals surface area (Å²) < 4.78 is 0. The minimum Gasteiger partial charge on any atom is -0.394 e. The van der Waals surface area contributed by atoms with Crippen LogP contribution in [0.5, 0.6) is 0 Å². The zero-order valence-electron chi connectivity index (χ0n) is 9.61. The number of thiazole rings is 1. The van der Waals surface area contributed by atoms with Gasteiger partial charge in [-0.15, -0.1) is 11.3 Å². The minimum absolute atomic E-state index is 0.00145. The van der Waals surface area contributed by atoms with Crippen molar-refractivity contribution in [1.82, 2.24) is 10.3 Å². The van der Waals surface area contributed by atoms with Crippen LogP contribution in [-0.2, 0) is 6.42 Å². The van der Waals surface area contributed by atoms with E-state index in [-0.39, 0.29) is 12.5 Å². The quantitative estimate of drug-likeness (QED) is 0.705. The molecule has 6 heteroatoms. The Morgan fingerprint density at radius 2 is 2.41 bits per heavy atom. The standard InChI is InChI=1S/C11H17N3O2S/c12-5-2-9-13-8(6-17-9)10(16)14-11(7-15)3-1-4-11/h6,15H,1-5,7,12H2,(H,14,16). The van der Waals surface area contributed by atoms with Gasteiger partial charge in [-0.05, 0) is 25.8 Å². The van der Waals surface area contributed by atoms with Crippen molar-refractivity contribution in [2.75, 3.05) is 13.2 Å². The number of hydrogen-bond acceptors (Lipinski definition) is 5. The maximum absolute atomic E-state index is 11.9. The van der Waals surface area contributed by atoms with E-state index in [1.807, 2.05) is 0 Å². The first kappa shape index (κ1) is 12.5. The zero-order valence-corrected chi connectivity index (χ0v) is 10.4. The van der Waals surface area contributed by atoms with Gasteiger partial charge in [0.2, 0.25) is 0 Å². The Morgan fingerprint density at radius 3 is 2.94 bits per heavy atom. The average Bonchev–Trinajstić information content (AvgIpc) is 2.72. The molecule has 0 bridgehead atoms. The van der Waals surface area contributed by atoms with Crippen molar-refractivity contribution in [2.45, 2.75) is 31.2 Å². The molecule has 1 aromatic rings. The lowest BCUT2D eigenvalue weighted by Crippen LogP contribution is -2.56. The first-order valence-electron chi connectivity index (χ1n) is 5.77. The number of nitrogens with one attached hydrogen (secondary N) is 1. The van der Waals surface area contributed by atoms with Crippen molar-refractivity contribution in [3.05, 3.63) is 16.1 Å². The maximum Gasteiger partial charge on any atom is 0.271 e. The van der Waals surface area contributed by atoms with Crippen LogP contribution in [0.3, 0.4) is 0 Å². The number of carbonyl (C=O) groups excluding carboxylic acids is 1. The first-order valence-corrected chi connectivity index (χ1v) is 6.65. The summed E-state index contributed by atoms with van der Waals surface area (Å²) in [6, 6.07) is 0. The van der Waals surface area contributed by atoms with Crippen LogP contribution >= 0.6 is 11.3 Å². The number of nitrogens with two attached hydrogens (primary N) is 1. The fourth-order valence-corrected chi connectivity index (χ4v) is 2.68. The van der Waals surface area contributed by atoms with Crippen LogP contribution in [0.25, 0.3) is 0 Å². The van der Waals surface area contributed by atoms with Gasteiger partial charge in [0.15, 0.2) is 0 Å². The summed E-state index contributed by atoms with van der Waals surface area (Å²) in [5, 5.41) is 14.8. The van der Waals surface area contributed by atoms with E-state index in [1.165, 1.54) is 11.3 Å². The second kappa shape index (κ2) is 5.12. The highest BCUT2D eigenvalue weighted by Crippen LogP contribution is 2.31. The Hall–Kier alpha value is -0.980. The van der Waals surface area contributed by atoms with Crippen LogP contribution in [0.1, 0.15) is 34.8 Å². The third-order valence-electron chi connectivity index (χ3n) is 3.13. The molecule has 0 aromatic carbocycles. The summed E-state index contributed by atoms with van der Waals surface area (Å²) in [7, 11) is 0. The Kier molecular flexibility index (Phi) is 3.76. The van der Waals surface area contributed by atoms with Crippen LogP contribution in [0.4, 0.5) is 0 Å². The van der Waals surface area contributed by atoms with Crippen molar-refractivity contribution in [1.29, 1.82) is 0 Å². The van der Waals surface area contributed by atoms with Gasteiger partial charge in [0.25, 0.3) is 5.91 Å². The van der Waals surface area contributed by atoms with Gasteiger partial charge in [-0.25, -0.2) is 4.98 Å². The number of aliphatic hydroxyl groups is 1. The lowest BCUT2D eigenvalue weighted by atomic mass is 9.77. The highest BCUT2D eigenvalue weighted by molar-refractivity contribution is 7.09. The van der Waals surface area contributed by atoms with Gasteiger partial charge in [-0.3, -0.25) is 4.79 Å². The smallest absolute Gasteiger partial charge is 0.271 e. The van der Waals surface area contributed by atoms with Crippen molar-refractivity contribution in [2.24, 2.45) is 5.73 Å². The molecule has 1 fully saturated rings. The molecule has 4 N–H and O–H groups in total. The molecular weight excluding hydrogens is 238 g/mol. The summed E-state index contributed by atoms with van der Waals surface area (Å²) in [5.74, 6) is -0.196. The van der Waals surface area contributed by atoms with Gasteiger partial charge in [0.1, 0.15) is 5.69 Å². The molecule has 0 radical (unpaired) electrons. The van der Waals surface area contributed by atoms with Gasteiger partial charge in [-0.2, -0.15) is 0 Å². The molecule has 5 nitrogen and oxygen atoms in total. The van der Waals surface area contributed by atoms with E-state index in [1.54, 1.807) is 5.38 Å². The molecule has 0 unspecified atom stereocenters. The molecule has 94 valence electrons. The largest absolute Gasteiger partial charge is 0.394 e. The summed E-state index contributed by atoms with van der Waals surface area (Å²) in [5.41, 5.74) is 5.45. The van der Waals surface area contributed by atoms with Gasteiger partial charge in [0, 0.05) is 11.8 Å². The van der Waals surface area contributed by atoms with E-state index in [0.717, 1.165) is 24.3 Å². The van der Waals surface area contributed by atoms with Crippen molar-refractivity contribution in [3.8, 4) is 0 Å². The normalized spacial score (nSPS) is 17.5. The van der Waals surface area contributed by atoms with Crippen LogP contribution in [0, 0.1) is 0 Å². The molecule has 1 aromatic heterocycles. The van der Waals surface area contributed by atoms with E-state index < -0.39 is 5.54 Å². The molecule has 0 aliphatic heterocycles. The van der Waals surface area contributed by atoms with Crippen LogP contribution in [0.15, 0.2) is 5.38 Å². The van der Waals surface area contributed by atoms with Gasteiger partial charge >= 0.3 is 0 Å². The second-order valence-corrected chi connectivity index (χ2v) is 5.35. The molecular formula is C11H17N3O2S. The topological polar surface area (TPSA) is 88.2 Å². The Morgan fingerprint density at radius 1 is 1.65 bits per heavy atom. The number of hydrogen-bond donors (Lipinski definition) is 3. The number of nitrogens with zero attached hydrogens (tertiary/aromatic N) is 1. The number of rotatable bonds is 5. The summed E-state index contributed by atoms with van der Waals surface area (Å²) in [6.45, 7) is 0.535. The predicted molar refractivity (Wildman–Crippen MR) is 66.0 cm³/mol. The molecule has 0 atom stereocenters. The van der Waals surface area contributed by atoms with Crippen LogP contribution in [0.2, 0.25) is 0 Å². The number of amides is 1. The van der Waals surface area contributed by atoms with Gasteiger partial charge in [0.05, 0.1) is 17.2 Å². The van der Waals surface area contributed by atoms with E-state index in [2.05, 4.69) is 10.3 Å². The lowest BCUT2D eigenvalue weighted by molar-refractivity contribution is 0.0638. The van der Waals surface area contributed by atoms with E-state index in [4.69, 9.17) is 5.73 Å². The maximum atomic E-state index is 11.9. The van der Waals surface area contributed by atoms with E-state index in [9.17, 15) is 9.90 Å². The molecule has 1 saturated carbocycles. The van der Waals surface area contributed by atoms with Gasteiger partial charge in [-0.1, -0.05) is 0 Å². The zero-order chi connectivity index (χ0) is 12.3. The lowest BCUT2D eigenvalue weighted by Gasteiger charge is -2.40. The molecule has 0 saturated heterocycles. The number of aromatic nitrogens is 1. The number of aliphatic hydroxyl groups excluding tert-OH is 1. The Balaban J connectivity index is 1.99. The molecule has 1 heterocycles. The minimum atomic E-state index is -0.408. The molecule has 2 rings (SSSR count). The van der Waals surface area contributed by atoms with Gasteiger partial charge < -0.3 is 16.2 Å². The Bertz CT molecular complexity index is 396. The summed E-state index contributed by atoms with van der Waals surface area (Å²) >= 11 is 1.45. The fourth-order valence-electron chi connectivity index (χ4n) is 1.88. The monoisotopic (exact) mass is 255 g/mol. The van der Waals surface area contributed by atoms with E-state index in [0.29, 0.717) is 18.7 Å². The van der Waals surface area contributed by atoms with Crippen molar-refractivity contribution < 1.29 is 9.90 Å². The molecule has 0 spiro atoms. The molecule has 1 aliphatic rings. The average molecular weight is 255 g/mol. The Labute approximate surface area is 104 Å². The molecule has 1 aliphatic carbocycles. The summed E-state index contributed by atoms with van der Waals surface area (Å²) in [4.78, 5) is 16.1. The highest BCUT2D eigenvalue weighted by Gasteiger charge is 2.38. The first-order chi connectivity index (χ1) is 8.19. The number of carbonyl (C=O) groups is 1. The SMILES string of the molecule is NCCc1nc(C(=O)NC2(CO)CCC2)cs1. The van der Waals surface area contributed by atoms with E-state index >= 15 is 0 Å². The summed E-state index contributed by atoms with van der Waals surface area (Å²) in [6.07, 6.45) is 3.43. The fraction of sp³-hybridized carbons (Fsp3) is 0.636. The third-order valence-corrected chi connectivity index (χ3v) is 4.04. The third kappa shape index (κ3) is 2.65. The van der Waals surface area contributed by atoms with Crippen LogP contribution in [-0.4, -0.2) is 34.7 Å². The van der Waals surface area contributed by atoms with Crippen LogP contribution < -0.4 is 11.1 Å². The van der Waals surface area contributed by atoms with Crippen molar-refractivity contribution >= 4 is 17.2 Å². The predicted octanol–water partition coefficient (Wildman–Crippen LogP) is 0.289. The second-order valence-electron chi connectivity index (χ2n) is 4.41.